The van der Waals surface area contributed by atoms with E-state index in [1.165, 1.54) is 18.4 Å². The first kappa shape index (κ1) is 17.1. The third-order valence-electron chi connectivity index (χ3n) is 1.57. The number of aryl methyl sites for hydroxylation is 1. The minimum absolute atomic E-state index is 0.844. The molecule has 1 aromatic carbocycles. The first-order chi connectivity index (χ1) is 7.20. The van der Waals surface area contributed by atoms with Crippen molar-refractivity contribution in [3.63, 3.8) is 0 Å². The van der Waals surface area contributed by atoms with Crippen LogP contribution in [-0.4, -0.2) is 6.54 Å². The lowest BCUT2D eigenvalue weighted by atomic mass is 10.2. The molecule has 0 aromatic heterocycles. The van der Waals surface area contributed by atoms with Gasteiger partial charge in [0.15, 0.2) is 0 Å². The first-order valence-electron chi connectivity index (χ1n) is 5.63. The van der Waals surface area contributed by atoms with Gasteiger partial charge in [-0.05, 0) is 32.0 Å². The topological polar surface area (TPSA) is 26.0 Å². The van der Waals surface area contributed by atoms with E-state index < -0.39 is 0 Å². The molecule has 0 unspecified atom stereocenters. The van der Waals surface area contributed by atoms with Crippen LogP contribution in [0.5, 0.6) is 0 Å². The van der Waals surface area contributed by atoms with Crippen molar-refractivity contribution < 1.29 is 0 Å². The molecule has 0 heterocycles. The maximum absolute atomic E-state index is 5.14. The summed E-state index contributed by atoms with van der Waals surface area (Å²) in [5.41, 5.74) is 6.44. The summed E-state index contributed by atoms with van der Waals surface area (Å²) >= 11 is 3.35. The van der Waals surface area contributed by atoms with E-state index >= 15 is 0 Å². The highest BCUT2D eigenvalue weighted by Gasteiger charge is 1.81. The van der Waals surface area contributed by atoms with E-state index in [1.54, 1.807) is 0 Å². The standard InChI is InChI=1S/C7H7Br.C4H11N.C2H6/c1-6-2-4-7(8)5-3-6;1-2-3-4-5;1-2/h2-5H,1H3;2-5H2,1H3;1-2H3. The minimum atomic E-state index is 0.844. The molecule has 0 atom stereocenters. The van der Waals surface area contributed by atoms with Gasteiger partial charge >= 0.3 is 0 Å². The second-order valence-corrected chi connectivity index (χ2v) is 3.85. The fourth-order valence-corrected chi connectivity index (χ4v) is 1.00. The largest absolute Gasteiger partial charge is 0.330 e. The number of unbranched alkanes of at least 4 members (excludes halogenated alkanes) is 1. The van der Waals surface area contributed by atoms with Crippen molar-refractivity contribution in [1.82, 2.24) is 0 Å². The highest BCUT2D eigenvalue weighted by molar-refractivity contribution is 9.10. The Hall–Kier alpha value is -0.340. The summed E-state index contributed by atoms with van der Waals surface area (Å²) in [5.74, 6) is 0. The van der Waals surface area contributed by atoms with E-state index in [4.69, 9.17) is 5.73 Å². The Morgan fingerprint density at radius 3 is 1.80 bits per heavy atom. The summed E-state index contributed by atoms with van der Waals surface area (Å²) in [6.45, 7) is 9.05. The zero-order chi connectivity index (χ0) is 12.1. The van der Waals surface area contributed by atoms with Crippen molar-refractivity contribution in [2.24, 2.45) is 5.73 Å². The Labute approximate surface area is 103 Å². The molecule has 1 rings (SSSR count). The monoisotopic (exact) mass is 273 g/mol. The molecule has 0 amide bonds. The van der Waals surface area contributed by atoms with E-state index in [0.717, 1.165) is 11.0 Å². The fourth-order valence-electron chi connectivity index (χ4n) is 0.737. The molecule has 0 aliphatic rings. The Bertz CT molecular complexity index is 183. The van der Waals surface area contributed by atoms with Gasteiger partial charge in [-0.1, -0.05) is 60.8 Å². The highest BCUT2D eigenvalue weighted by atomic mass is 79.9. The molecule has 2 heteroatoms. The Kier molecular flexibility index (Phi) is 15.5. The van der Waals surface area contributed by atoms with Crippen LogP contribution in [0.1, 0.15) is 39.2 Å². The van der Waals surface area contributed by atoms with Gasteiger partial charge in [0.05, 0.1) is 0 Å². The van der Waals surface area contributed by atoms with Gasteiger partial charge in [0.1, 0.15) is 0 Å². The SMILES string of the molecule is CC.CCCCN.Cc1ccc(Br)cc1. The second kappa shape index (κ2) is 13.7. The van der Waals surface area contributed by atoms with Crippen molar-refractivity contribution in [1.29, 1.82) is 0 Å². The van der Waals surface area contributed by atoms with Gasteiger partial charge in [-0.15, -0.1) is 0 Å². The molecular formula is C13H24BrN. The first-order valence-corrected chi connectivity index (χ1v) is 6.42. The molecule has 0 saturated carbocycles. The van der Waals surface area contributed by atoms with Crippen LogP contribution in [0.2, 0.25) is 0 Å². The maximum atomic E-state index is 5.14. The molecular weight excluding hydrogens is 250 g/mol. The van der Waals surface area contributed by atoms with Crippen LogP contribution in [-0.2, 0) is 0 Å². The van der Waals surface area contributed by atoms with Crippen LogP contribution in [0.4, 0.5) is 0 Å². The molecule has 2 N–H and O–H groups in total. The van der Waals surface area contributed by atoms with Gasteiger partial charge in [0.25, 0.3) is 0 Å². The quantitative estimate of drug-likeness (QED) is 0.842. The molecule has 15 heavy (non-hydrogen) atoms. The van der Waals surface area contributed by atoms with Crippen LogP contribution in [0.3, 0.4) is 0 Å². The predicted octanol–water partition coefficient (Wildman–Crippen LogP) is 4.53. The number of halogens is 1. The molecule has 0 aliphatic carbocycles. The van der Waals surface area contributed by atoms with Crippen molar-refractivity contribution in [2.75, 3.05) is 6.54 Å². The minimum Gasteiger partial charge on any atom is -0.330 e. The lowest BCUT2D eigenvalue weighted by molar-refractivity contribution is 0.807. The van der Waals surface area contributed by atoms with E-state index in [0.29, 0.717) is 0 Å². The number of hydrogen-bond donors (Lipinski definition) is 1. The molecule has 0 saturated heterocycles. The van der Waals surface area contributed by atoms with Crippen LogP contribution >= 0.6 is 15.9 Å². The number of rotatable bonds is 2. The van der Waals surface area contributed by atoms with Gasteiger partial charge in [-0.2, -0.15) is 0 Å². The normalized spacial score (nSPS) is 8.13. The lowest BCUT2D eigenvalue weighted by Crippen LogP contribution is -1.95. The van der Waals surface area contributed by atoms with E-state index in [2.05, 4.69) is 41.9 Å². The highest BCUT2D eigenvalue weighted by Crippen LogP contribution is 2.08. The molecule has 0 fully saturated rings. The van der Waals surface area contributed by atoms with Crippen molar-refractivity contribution in [3.8, 4) is 0 Å². The van der Waals surface area contributed by atoms with Crippen LogP contribution in [0.15, 0.2) is 28.7 Å². The van der Waals surface area contributed by atoms with Gasteiger partial charge in [-0.25, -0.2) is 0 Å². The average Bonchev–Trinajstić information content (AvgIpc) is 2.27. The summed E-state index contributed by atoms with van der Waals surface area (Å²) in [6.07, 6.45) is 2.39. The zero-order valence-corrected chi connectivity index (χ0v) is 12.0. The van der Waals surface area contributed by atoms with Crippen molar-refractivity contribution >= 4 is 15.9 Å². The zero-order valence-electron chi connectivity index (χ0n) is 10.4. The maximum Gasteiger partial charge on any atom is 0.0175 e. The molecule has 88 valence electrons. The molecule has 0 radical (unpaired) electrons. The summed E-state index contributed by atoms with van der Waals surface area (Å²) in [5, 5.41) is 0. The fraction of sp³-hybridized carbons (Fsp3) is 0.538. The van der Waals surface area contributed by atoms with Gasteiger partial charge in [0.2, 0.25) is 0 Å². The van der Waals surface area contributed by atoms with Gasteiger partial charge in [-0.3, -0.25) is 0 Å². The summed E-state index contributed by atoms with van der Waals surface area (Å²) in [7, 11) is 0. The van der Waals surface area contributed by atoms with Crippen molar-refractivity contribution in [3.05, 3.63) is 34.3 Å². The summed E-state index contributed by atoms with van der Waals surface area (Å²) in [6, 6.07) is 8.22. The Balaban J connectivity index is 0. The van der Waals surface area contributed by atoms with Crippen molar-refractivity contribution in [2.45, 2.75) is 40.5 Å². The average molecular weight is 274 g/mol. The molecule has 1 nitrogen and oxygen atoms in total. The molecule has 0 aliphatic heterocycles. The molecule has 1 aromatic rings. The van der Waals surface area contributed by atoms with E-state index in [-0.39, 0.29) is 0 Å². The van der Waals surface area contributed by atoms with Crippen LogP contribution < -0.4 is 5.73 Å². The third kappa shape index (κ3) is 13.7. The van der Waals surface area contributed by atoms with Gasteiger partial charge in [0, 0.05) is 4.47 Å². The second-order valence-electron chi connectivity index (χ2n) is 2.94. The smallest absolute Gasteiger partial charge is 0.0175 e. The Morgan fingerprint density at radius 2 is 1.60 bits per heavy atom. The number of nitrogens with two attached hydrogens (primary N) is 1. The van der Waals surface area contributed by atoms with Gasteiger partial charge < -0.3 is 5.73 Å². The summed E-state index contributed by atoms with van der Waals surface area (Å²) in [4.78, 5) is 0. The molecule has 0 bridgehead atoms. The van der Waals surface area contributed by atoms with E-state index in [1.807, 2.05) is 26.0 Å². The lowest BCUT2D eigenvalue weighted by Gasteiger charge is -1.88. The number of hydrogen-bond acceptors (Lipinski definition) is 1. The van der Waals surface area contributed by atoms with Crippen LogP contribution in [0.25, 0.3) is 0 Å². The third-order valence-corrected chi connectivity index (χ3v) is 2.10. The molecule has 0 spiro atoms. The number of benzene rings is 1. The Morgan fingerprint density at radius 1 is 1.13 bits per heavy atom. The van der Waals surface area contributed by atoms with E-state index in [9.17, 15) is 0 Å². The summed E-state index contributed by atoms with van der Waals surface area (Å²) < 4.78 is 1.14. The predicted molar refractivity (Wildman–Crippen MR) is 74.2 cm³/mol. The van der Waals surface area contributed by atoms with Crippen LogP contribution in [0, 0.1) is 6.92 Å².